The largest absolute Gasteiger partial charge is 0.508 e. The number of hydrogen-bond donors (Lipinski definition) is 1. The molecule has 0 spiro atoms. The lowest BCUT2D eigenvalue weighted by Gasteiger charge is -2.05. The highest BCUT2D eigenvalue weighted by Gasteiger charge is 2.11. The van der Waals surface area contributed by atoms with Crippen molar-refractivity contribution in [1.29, 1.82) is 0 Å². The van der Waals surface area contributed by atoms with Gasteiger partial charge in [-0.15, -0.1) is 11.6 Å². The zero-order chi connectivity index (χ0) is 9.84. The minimum Gasteiger partial charge on any atom is -0.508 e. The van der Waals surface area contributed by atoms with Gasteiger partial charge in [0.1, 0.15) is 23.7 Å². The molecule has 0 saturated heterocycles. The van der Waals surface area contributed by atoms with Crippen LogP contribution in [0.25, 0.3) is 0 Å². The van der Waals surface area contributed by atoms with E-state index in [4.69, 9.17) is 16.7 Å². The van der Waals surface area contributed by atoms with Crippen LogP contribution < -0.4 is 0 Å². The van der Waals surface area contributed by atoms with Gasteiger partial charge in [-0.3, -0.25) is 4.79 Å². The molecule has 1 rings (SSSR count). The van der Waals surface area contributed by atoms with Gasteiger partial charge in [-0.25, -0.2) is 0 Å². The second-order valence-corrected chi connectivity index (χ2v) is 2.94. The Balaban J connectivity index is 3.22. The van der Waals surface area contributed by atoms with E-state index in [1.165, 1.54) is 18.2 Å². The van der Waals surface area contributed by atoms with Gasteiger partial charge in [0.15, 0.2) is 0 Å². The predicted octanol–water partition coefficient (Wildman–Crippen LogP) is 1.68. The second kappa shape index (κ2) is 4.05. The van der Waals surface area contributed by atoms with Crippen LogP contribution in [0.3, 0.4) is 0 Å². The summed E-state index contributed by atoms with van der Waals surface area (Å²) in [4.78, 5) is 20.9. The molecule has 3 nitrogen and oxygen atoms in total. The minimum absolute atomic E-state index is 0.0203. The average molecular weight is 199 g/mol. The molecule has 0 aromatic heterocycles. The second-order valence-electron chi connectivity index (χ2n) is 2.47. The number of aromatic hydroxyl groups is 1. The lowest BCUT2D eigenvalue weighted by Crippen LogP contribution is -1.96. The molecular formula is C9H7ClO3. The molecule has 0 heterocycles. The zero-order valence-corrected chi connectivity index (χ0v) is 7.36. The Labute approximate surface area is 79.9 Å². The molecule has 0 saturated carbocycles. The molecule has 1 aromatic rings. The average Bonchev–Trinajstić information content (AvgIpc) is 2.16. The zero-order valence-electron chi connectivity index (χ0n) is 6.61. The fraction of sp³-hybridized carbons (Fsp3) is 0.111. The summed E-state index contributed by atoms with van der Waals surface area (Å²) in [6.07, 6.45) is 1.09. The molecule has 0 aliphatic rings. The molecular weight excluding hydrogens is 192 g/mol. The molecule has 68 valence electrons. The highest BCUT2D eigenvalue weighted by Crippen LogP contribution is 2.24. The van der Waals surface area contributed by atoms with Crippen LogP contribution in [0.2, 0.25) is 0 Å². The fourth-order valence-corrected chi connectivity index (χ4v) is 1.17. The third-order valence-electron chi connectivity index (χ3n) is 1.61. The Morgan fingerprint density at radius 1 is 1.38 bits per heavy atom. The highest BCUT2D eigenvalue weighted by atomic mass is 35.5. The summed E-state index contributed by atoms with van der Waals surface area (Å²) in [5.41, 5.74) is 0.636. The number of carbonyl (C=O) groups excluding carboxylic acids is 2. The van der Waals surface area contributed by atoms with Crippen molar-refractivity contribution in [2.24, 2.45) is 0 Å². The van der Waals surface area contributed by atoms with Gasteiger partial charge in [0.05, 0.1) is 0 Å². The van der Waals surface area contributed by atoms with Crippen molar-refractivity contribution >= 4 is 24.2 Å². The van der Waals surface area contributed by atoms with E-state index in [0.29, 0.717) is 23.7 Å². The van der Waals surface area contributed by atoms with Crippen molar-refractivity contribution < 1.29 is 14.7 Å². The summed E-state index contributed by atoms with van der Waals surface area (Å²) in [6.45, 7) is 0. The summed E-state index contributed by atoms with van der Waals surface area (Å²) in [6, 6.07) is 4.08. The number of rotatable bonds is 3. The SMILES string of the molecule is O=Cc1ccc(O)cc1C(Cl)C=O. The topological polar surface area (TPSA) is 54.4 Å². The van der Waals surface area contributed by atoms with Crippen molar-refractivity contribution in [1.82, 2.24) is 0 Å². The van der Waals surface area contributed by atoms with Gasteiger partial charge in [-0.05, 0) is 23.8 Å². The summed E-state index contributed by atoms with van der Waals surface area (Å²) in [7, 11) is 0. The van der Waals surface area contributed by atoms with Crippen LogP contribution in [0.1, 0.15) is 21.3 Å². The Morgan fingerprint density at radius 2 is 2.08 bits per heavy atom. The van der Waals surface area contributed by atoms with Crippen LogP contribution in [-0.4, -0.2) is 17.7 Å². The Hall–Kier alpha value is -1.35. The van der Waals surface area contributed by atoms with Crippen molar-refractivity contribution in [3.05, 3.63) is 29.3 Å². The Morgan fingerprint density at radius 3 is 2.62 bits per heavy atom. The van der Waals surface area contributed by atoms with Crippen LogP contribution in [0.15, 0.2) is 18.2 Å². The standard InChI is InChI=1S/C9H7ClO3/c10-9(5-12)8-3-7(13)2-1-6(8)4-11/h1-5,9,13H. The third-order valence-corrected chi connectivity index (χ3v) is 1.95. The lowest BCUT2D eigenvalue weighted by molar-refractivity contribution is -0.107. The normalized spacial score (nSPS) is 12.1. The number of halogens is 1. The number of carbonyl (C=O) groups is 2. The van der Waals surface area contributed by atoms with Crippen molar-refractivity contribution in [3.8, 4) is 5.75 Å². The minimum atomic E-state index is -0.896. The van der Waals surface area contributed by atoms with Crippen LogP contribution >= 0.6 is 11.6 Å². The maximum absolute atomic E-state index is 10.5. The van der Waals surface area contributed by atoms with Crippen molar-refractivity contribution in [3.63, 3.8) is 0 Å². The monoisotopic (exact) mass is 198 g/mol. The molecule has 0 radical (unpaired) electrons. The number of alkyl halides is 1. The van der Waals surface area contributed by atoms with Crippen LogP contribution in [0.4, 0.5) is 0 Å². The molecule has 4 heteroatoms. The lowest BCUT2D eigenvalue weighted by atomic mass is 10.1. The van der Waals surface area contributed by atoms with E-state index in [1.807, 2.05) is 0 Å². The van der Waals surface area contributed by atoms with E-state index >= 15 is 0 Å². The van der Waals surface area contributed by atoms with Crippen molar-refractivity contribution in [2.75, 3.05) is 0 Å². The fourth-order valence-electron chi connectivity index (χ4n) is 0.982. The molecule has 1 aromatic carbocycles. The number of aldehydes is 2. The van der Waals surface area contributed by atoms with E-state index < -0.39 is 5.38 Å². The third kappa shape index (κ3) is 2.06. The molecule has 1 atom stereocenters. The molecule has 0 fully saturated rings. The van der Waals surface area contributed by atoms with E-state index in [9.17, 15) is 9.59 Å². The molecule has 13 heavy (non-hydrogen) atoms. The van der Waals surface area contributed by atoms with E-state index in [1.54, 1.807) is 0 Å². The summed E-state index contributed by atoms with van der Waals surface area (Å²) in [5.74, 6) is -0.0203. The number of phenolic OH excluding ortho intramolecular Hbond substituents is 1. The van der Waals surface area contributed by atoms with Gasteiger partial charge in [0.2, 0.25) is 0 Å². The maximum Gasteiger partial charge on any atom is 0.150 e. The summed E-state index contributed by atoms with van der Waals surface area (Å²) >= 11 is 5.61. The van der Waals surface area contributed by atoms with Gasteiger partial charge in [0, 0.05) is 5.56 Å². The quantitative estimate of drug-likeness (QED) is 0.594. The van der Waals surface area contributed by atoms with Crippen molar-refractivity contribution in [2.45, 2.75) is 5.38 Å². The van der Waals surface area contributed by atoms with Crippen LogP contribution in [0.5, 0.6) is 5.75 Å². The maximum atomic E-state index is 10.5. The Bertz CT molecular complexity index is 336. The smallest absolute Gasteiger partial charge is 0.150 e. The van der Waals surface area contributed by atoms with Gasteiger partial charge < -0.3 is 9.90 Å². The Kier molecular flexibility index (Phi) is 3.03. The first kappa shape index (κ1) is 9.74. The first-order chi connectivity index (χ1) is 6.19. The van der Waals surface area contributed by atoms with Crippen LogP contribution in [0, 0.1) is 0 Å². The summed E-state index contributed by atoms with van der Waals surface area (Å²) < 4.78 is 0. The number of phenols is 1. The molecule has 1 unspecified atom stereocenters. The van der Waals surface area contributed by atoms with Gasteiger partial charge in [-0.1, -0.05) is 0 Å². The van der Waals surface area contributed by atoms with Gasteiger partial charge in [-0.2, -0.15) is 0 Å². The summed E-state index contributed by atoms with van der Waals surface area (Å²) in [5, 5.41) is 8.19. The predicted molar refractivity (Wildman–Crippen MR) is 48.2 cm³/mol. The highest BCUT2D eigenvalue weighted by molar-refractivity contribution is 6.28. The number of hydrogen-bond acceptors (Lipinski definition) is 3. The molecule has 0 aliphatic heterocycles. The first-order valence-electron chi connectivity index (χ1n) is 3.56. The molecule has 0 amide bonds. The van der Waals surface area contributed by atoms with E-state index in [0.717, 1.165) is 0 Å². The van der Waals surface area contributed by atoms with Gasteiger partial charge in [0.25, 0.3) is 0 Å². The van der Waals surface area contributed by atoms with Crippen LogP contribution in [-0.2, 0) is 4.79 Å². The number of benzene rings is 1. The van der Waals surface area contributed by atoms with Gasteiger partial charge >= 0.3 is 0 Å². The molecule has 1 N–H and O–H groups in total. The van der Waals surface area contributed by atoms with E-state index in [2.05, 4.69) is 0 Å². The first-order valence-corrected chi connectivity index (χ1v) is 4.00. The molecule has 0 bridgehead atoms. The van der Waals surface area contributed by atoms with E-state index in [-0.39, 0.29) is 5.75 Å². The molecule has 0 aliphatic carbocycles.